The van der Waals surface area contributed by atoms with Crippen LogP contribution in [0.25, 0.3) is 0 Å². The maximum atomic E-state index is 13.2. The van der Waals surface area contributed by atoms with Crippen molar-refractivity contribution in [2.24, 2.45) is 0 Å². The van der Waals surface area contributed by atoms with E-state index in [4.69, 9.17) is 18.9 Å². The number of amides is 1. The second kappa shape index (κ2) is 39.0. The smallest absolute Gasteiger partial charge is 0.220 e. The van der Waals surface area contributed by atoms with Crippen molar-refractivity contribution in [1.82, 2.24) is 5.32 Å². The molecule has 2 heterocycles. The van der Waals surface area contributed by atoms with Crippen molar-refractivity contribution in [3.05, 3.63) is 85.1 Å². The van der Waals surface area contributed by atoms with Crippen LogP contribution in [0.2, 0.25) is 0 Å². The molecule has 0 saturated carbocycles. The van der Waals surface area contributed by atoms with Crippen LogP contribution in [-0.2, 0) is 23.7 Å². The van der Waals surface area contributed by atoms with E-state index >= 15 is 0 Å². The second-order valence-corrected chi connectivity index (χ2v) is 17.5. The molecule has 2 aliphatic heterocycles. The summed E-state index contributed by atoms with van der Waals surface area (Å²) in [7, 11) is 0. The molecular weight excluding hydrogens is 859 g/mol. The molecule has 2 aliphatic rings. The van der Waals surface area contributed by atoms with Crippen molar-refractivity contribution >= 4 is 5.91 Å². The highest BCUT2D eigenvalue weighted by Gasteiger charge is 2.51. The molecule has 2 fully saturated rings. The molecule has 0 aromatic heterocycles. The van der Waals surface area contributed by atoms with Gasteiger partial charge in [-0.05, 0) is 77.0 Å². The van der Waals surface area contributed by atoms with Gasteiger partial charge in [0.05, 0.1) is 32.0 Å². The molecular formula is C53H89NO13. The SMILES string of the molecule is CC/C=C\C/C=C\C/C=C\C/C=C\CCCCCCCCCCC(=O)NC(COC1OC(CO)C(OC2OC(CO)C(O)C(O)C2O)C(O)C1O)C(O)/C=C/CC/C=C/CC/C=C/CCCC. The van der Waals surface area contributed by atoms with Gasteiger partial charge in [0.15, 0.2) is 12.6 Å². The Morgan fingerprint density at radius 3 is 1.64 bits per heavy atom. The molecule has 14 nitrogen and oxygen atoms in total. The van der Waals surface area contributed by atoms with E-state index in [2.05, 4.69) is 92.1 Å². The van der Waals surface area contributed by atoms with Gasteiger partial charge in [0.25, 0.3) is 0 Å². The summed E-state index contributed by atoms with van der Waals surface area (Å²) in [5, 5.41) is 86.6. The lowest BCUT2D eigenvalue weighted by Gasteiger charge is -2.46. The third-order valence-electron chi connectivity index (χ3n) is 11.8. The first kappa shape index (κ1) is 60.3. The fraction of sp³-hybridized carbons (Fsp3) is 0.717. The maximum Gasteiger partial charge on any atom is 0.220 e. The zero-order valence-corrected chi connectivity index (χ0v) is 40.6. The Labute approximate surface area is 401 Å². The normalized spacial score (nSPS) is 27.3. The third-order valence-corrected chi connectivity index (χ3v) is 11.8. The first-order valence-corrected chi connectivity index (χ1v) is 25.3. The van der Waals surface area contributed by atoms with Gasteiger partial charge in [0.2, 0.25) is 5.91 Å². The summed E-state index contributed by atoms with van der Waals surface area (Å²) < 4.78 is 22.6. The maximum absolute atomic E-state index is 13.2. The van der Waals surface area contributed by atoms with E-state index in [0.717, 1.165) is 83.5 Å². The van der Waals surface area contributed by atoms with Crippen molar-refractivity contribution in [3.63, 3.8) is 0 Å². The molecule has 9 N–H and O–H groups in total. The summed E-state index contributed by atoms with van der Waals surface area (Å²) >= 11 is 0. The Bertz CT molecular complexity index is 1450. The molecule has 67 heavy (non-hydrogen) atoms. The van der Waals surface area contributed by atoms with Gasteiger partial charge in [0, 0.05) is 6.42 Å². The van der Waals surface area contributed by atoms with Gasteiger partial charge < -0.3 is 65.1 Å². The second-order valence-electron chi connectivity index (χ2n) is 17.5. The van der Waals surface area contributed by atoms with Crippen LogP contribution < -0.4 is 5.32 Å². The number of hydrogen-bond acceptors (Lipinski definition) is 13. The van der Waals surface area contributed by atoms with Gasteiger partial charge in [-0.2, -0.15) is 0 Å². The van der Waals surface area contributed by atoms with Crippen molar-refractivity contribution in [3.8, 4) is 0 Å². The summed E-state index contributed by atoms with van der Waals surface area (Å²) in [6.45, 7) is 2.56. The van der Waals surface area contributed by atoms with Crippen molar-refractivity contribution in [1.29, 1.82) is 0 Å². The van der Waals surface area contributed by atoms with Gasteiger partial charge in [-0.3, -0.25) is 4.79 Å². The Morgan fingerprint density at radius 2 is 1.04 bits per heavy atom. The highest BCUT2D eigenvalue weighted by atomic mass is 16.7. The quantitative estimate of drug-likeness (QED) is 0.0237. The Kier molecular flexibility index (Phi) is 35.1. The standard InChI is InChI=1S/C53H89NO13/c1-3-5-7-9-11-13-15-17-18-19-20-21-22-23-24-25-27-29-31-33-35-37-45(58)54-41(42(57)36-34-32-30-28-26-16-14-12-10-8-6-4-2)40-64-52-50(63)48(61)51(44(39-56)66-52)67-53-49(62)47(60)46(59)43(38-55)65-53/h5,7,10-13,17-18,20-21,26,28,34,36,41-44,46-53,55-57,59-63H,3-4,6,8-9,14-16,19,22-25,27,29-33,35,37-40H2,1-2H3,(H,54,58)/b7-5-,12-10+,13-11-,18-17-,21-20-,28-26+,36-34+. The van der Waals surface area contributed by atoms with E-state index in [-0.39, 0.29) is 18.9 Å². The predicted molar refractivity (Wildman–Crippen MR) is 263 cm³/mol. The summed E-state index contributed by atoms with van der Waals surface area (Å²) in [5.74, 6) is -0.269. The monoisotopic (exact) mass is 948 g/mol. The van der Waals surface area contributed by atoms with Crippen LogP contribution in [0.5, 0.6) is 0 Å². The largest absolute Gasteiger partial charge is 0.394 e. The van der Waals surface area contributed by atoms with Gasteiger partial charge in [-0.1, -0.05) is 150 Å². The highest BCUT2D eigenvalue weighted by molar-refractivity contribution is 5.76. The topological polar surface area (TPSA) is 228 Å². The van der Waals surface area contributed by atoms with Crippen LogP contribution in [0.3, 0.4) is 0 Å². The van der Waals surface area contributed by atoms with E-state index in [9.17, 15) is 45.6 Å². The van der Waals surface area contributed by atoms with Crippen LogP contribution in [-0.4, -0.2) is 140 Å². The van der Waals surface area contributed by atoms with Crippen molar-refractivity contribution < 1.29 is 64.6 Å². The molecule has 0 radical (unpaired) electrons. The Morgan fingerprint density at radius 1 is 0.552 bits per heavy atom. The van der Waals surface area contributed by atoms with Gasteiger partial charge >= 0.3 is 0 Å². The predicted octanol–water partition coefficient (Wildman–Crippen LogP) is 6.60. The number of ether oxygens (including phenoxy) is 4. The molecule has 1 amide bonds. The van der Waals surface area contributed by atoms with E-state index in [0.29, 0.717) is 12.8 Å². The van der Waals surface area contributed by atoms with Crippen LogP contribution in [0.15, 0.2) is 85.1 Å². The zero-order valence-electron chi connectivity index (χ0n) is 40.6. The lowest BCUT2D eigenvalue weighted by Crippen LogP contribution is -2.65. The first-order chi connectivity index (χ1) is 32.6. The Hall–Kier alpha value is -2.83. The minimum absolute atomic E-state index is 0.255. The van der Waals surface area contributed by atoms with E-state index in [1.54, 1.807) is 6.08 Å². The number of aliphatic hydroxyl groups excluding tert-OH is 8. The molecule has 0 spiro atoms. The Balaban J connectivity index is 1.83. The summed E-state index contributed by atoms with van der Waals surface area (Å²) in [6, 6.07) is -0.945. The average Bonchev–Trinajstić information content (AvgIpc) is 3.32. The number of carbonyl (C=O) groups excluding carboxylic acids is 1. The third kappa shape index (κ3) is 26.1. The van der Waals surface area contributed by atoms with Gasteiger partial charge in [-0.15, -0.1) is 0 Å². The van der Waals surface area contributed by atoms with E-state index in [1.807, 2.05) is 6.08 Å². The van der Waals surface area contributed by atoms with Crippen molar-refractivity contribution in [2.75, 3.05) is 19.8 Å². The summed E-state index contributed by atoms with van der Waals surface area (Å²) in [4.78, 5) is 13.2. The fourth-order valence-electron chi connectivity index (χ4n) is 7.65. The van der Waals surface area contributed by atoms with Crippen LogP contribution in [0.4, 0.5) is 0 Å². The average molecular weight is 948 g/mol. The molecule has 384 valence electrons. The molecule has 0 bridgehead atoms. The number of nitrogens with one attached hydrogen (secondary N) is 1. The fourth-order valence-corrected chi connectivity index (χ4v) is 7.65. The number of allylic oxidation sites excluding steroid dienone is 13. The highest BCUT2D eigenvalue weighted by Crippen LogP contribution is 2.30. The number of aliphatic hydroxyl groups is 8. The van der Waals surface area contributed by atoms with Crippen molar-refractivity contribution in [2.45, 2.75) is 222 Å². The van der Waals surface area contributed by atoms with Crippen LogP contribution in [0, 0.1) is 0 Å². The number of rotatable bonds is 37. The minimum atomic E-state index is -1.80. The van der Waals surface area contributed by atoms with E-state index < -0.39 is 86.8 Å². The molecule has 2 rings (SSSR count). The number of unbranched alkanes of at least 4 members (excludes halogenated alkanes) is 12. The van der Waals surface area contributed by atoms with Crippen LogP contribution in [0.1, 0.15) is 149 Å². The number of carbonyl (C=O) groups is 1. The zero-order chi connectivity index (χ0) is 48.9. The summed E-state index contributed by atoms with van der Waals surface area (Å²) in [6.07, 6.45) is 33.4. The number of hydrogen-bond donors (Lipinski definition) is 9. The molecule has 14 heteroatoms. The minimum Gasteiger partial charge on any atom is -0.394 e. The lowest BCUT2D eigenvalue weighted by atomic mass is 9.97. The van der Waals surface area contributed by atoms with E-state index in [1.165, 1.54) is 32.1 Å². The molecule has 12 unspecified atom stereocenters. The van der Waals surface area contributed by atoms with Crippen LogP contribution >= 0.6 is 0 Å². The summed E-state index contributed by atoms with van der Waals surface area (Å²) in [5.41, 5.74) is 0. The molecule has 0 aromatic carbocycles. The lowest BCUT2D eigenvalue weighted by molar-refractivity contribution is -0.359. The first-order valence-electron chi connectivity index (χ1n) is 25.3. The molecule has 0 aromatic rings. The molecule has 12 atom stereocenters. The molecule has 0 aliphatic carbocycles. The van der Waals surface area contributed by atoms with Gasteiger partial charge in [0.1, 0.15) is 48.8 Å². The van der Waals surface area contributed by atoms with Gasteiger partial charge in [-0.25, -0.2) is 0 Å². The molecule has 2 saturated heterocycles.